The number of amides is 2. The minimum atomic E-state index is -0.462. The molecule has 0 radical (unpaired) electrons. The third kappa shape index (κ3) is 5.78. The van der Waals surface area contributed by atoms with E-state index in [4.69, 9.17) is 27.9 Å². The number of ether oxygens (including phenoxy) is 1. The fourth-order valence-electron chi connectivity index (χ4n) is 2.25. The number of halogens is 2. The van der Waals surface area contributed by atoms with Crippen LogP contribution in [0.5, 0.6) is 0 Å². The Morgan fingerprint density at radius 2 is 2.17 bits per heavy atom. The van der Waals surface area contributed by atoms with Gasteiger partial charge in [0.25, 0.3) is 5.91 Å². The first-order valence-corrected chi connectivity index (χ1v) is 8.38. The van der Waals surface area contributed by atoms with Crippen LogP contribution in [0.3, 0.4) is 0 Å². The van der Waals surface area contributed by atoms with Crippen molar-refractivity contribution in [1.29, 1.82) is 0 Å². The van der Waals surface area contributed by atoms with Gasteiger partial charge in [-0.25, -0.2) is 5.43 Å². The molecule has 2 rings (SSSR count). The van der Waals surface area contributed by atoms with Crippen LogP contribution in [-0.2, 0) is 9.53 Å². The predicted molar refractivity (Wildman–Crippen MR) is 93.6 cm³/mol. The molecule has 130 valence electrons. The van der Waals surface area contributed by atoms with Gasteiger partial charge in [0, 0.05) is 23.9 Å². The van der Waals surface area contributed by atoms with E-state index in [1.807, 2.05) is 0 Å². The quantitative estimate of drug-likeness (QED) is 0.595. The van der Waals surface area contributed by atoms with E-state index >= 15 is 0 Å². The van der Waals surface area contributed by atoms with Gasteiger partial charge in [-0.05, 0) is 38.0 Å². The van der Waals surface area contributed by atoms with Gasteiger partial charge in [-0.1, -0.05) is 23.2 Å². The minimum Gasteiger partial charge on any atom is -0.376 e. The summed E-state index contributed by atoms with van der Waals surface area (Å²) in [4.78, 5) is 23.8. The molecule has 1 atom stereocenters. The summed E-state index contributed by atoms with van der Waals surface area (Å²) < 4.78 is 5.43. The smallest absolute Gasteiger partial charge is 0.272 e. The van der Waals surface area contributed by atoms with E-state index in [2.05, 4.69) is 15.8 Å². The first kappa shape index (κ1) is 18.7. The third-order valence-corrected chi connectivity index (χ3v) is 4.04. The second-order valence-corrected chi connectivity index (χ2v) is 6.37. The predicted octanol–water partition coefficient (Wildman–Crippen LogP) is 2.78. The molecule has 1 aromatic rings. The number of hydrogen-bond acceptors (Lipinski definition) is 4. The van der Waals surface area contributed by atoms with E-state index in [0.29, 0.717) is 17.3 Å². The number of rotatable bonds is 6. The zero-order valence-electron chi connectivity index (χ0n) is 13.3. The van der Waals surface area contributed by atoms with Crippen molar-refractivity contribution in [3.05, 3.63) is 33.8 Å². The number of carbonyl (C=O) groups excluding carboxylic acids is 2. The fraction of sp³-hybridized carbons (Fsp3) is 0.438. The van der Waals surface area contributed by atoms with Crippen molar-refractivity contribution in [3.63, 3.8) is 0 Å². The zero-order valence-corrected chi connectivity index (χ0v) is 14.8. The first-order chi connectivity index (χ1) is 11.5. The van der Waals surface area contributed by atoms with E-state index in [0.717, 1.165) is 19.4 Å². The molecule has 0 spiro atoms. The first-order valence-electron chi connectivity index (χ1n) is 7.62. The zero-order chi connectivity index (χ0) is 17.5. The summed E-state index contributed by atoms with van der Waals surface area (Å²) in [6.45, 7) is 2.91. The van der Waals surface area contributed by atoms with Crippen LogP contribution < -0.4 is 10.7 Å². The summed E-state index contributed by atoms with van der Waals surface area (Å²) in [6, 6.07) is 4.56. The molecule has 1 unspecified atom stereocenters. The fourth-order valence-corrected chi connectivity index (χ4v) is 2.74. The van der Waals surface area contributed by atoms with Crippen molar-refractivity contribution >= 4 is 40.7 Å². The van der Waals surface area contributed by atoms with Gasteiger partial charge in [-0.2, -0.15) is 5.10 Å². The van der Waals surface area contributed by atoms with Crippen molar-refractivity contribution in [2.75, 3.05) is 13.2 Å². The highest BCUT2D eigenvalue weighted by Crippen LogP contribution is 2.20. The minimum absolute atomic E-state index is 0.0953. The Kier molecular flexibility index (Phi) is 7.02. The Morgan fingerprint density at radius 1 is 1.38 bits per heavy atom. The summed E-state index contributed by atoms with van der Waals surface area (Å²) in [5.74, 6) is -0.624. The molecule has 2 N–H and O–H groups in total. The van der Waals surface area contributed by atoms with Crippen molar-refractivity contribution in [1.82, 2.24) is 10.7 Å². The Balaban J connectivity index is 1.79. The Hall–Kier alpha value is -1.63. The van der Waals surface area contributed by atoms with Crippen molar-refractivity contribution in [3.8, 4) is 0 Å². The normalized spacial score (nSPS) is 17.6. The lowest BCUT2D eigenvalue weighted by Gasteiger charge is -2.10. The van der Waals surface area contributed by atoms with Crippen LogP contribution in [0.1, 0.15) is 36.5 Å². The van der Waals surface area contributed by atoms with E-state index in [-0.39, 0.29) is 29.0 Å². The highest BCUT2D eigenvalue weighted by atomic mass is 35.5. The number of hydrogen-bond donors (Lipinski definition) is 2. The van der Waals surface area contributed by atoms with E-state index < -0.39 is 5.91 Å². The molecule has 0 bridgehead atoms. The molecular weight excluding hydrogens is 353 g/mol. The van der Waals surface area contributed by atoms with E-state index in [1.165, 1.54) is 12.1 Å². The maximum atomic E-state index is 12.0. The van der Waals surface area contributed by atoms with Gasteiger partial charge in [0.2, 0.25) is 5.91 Å². The van der Waals surface area contributed by atoms with E-state index in [9.17, 15) is 9.59 Å². The topological polar surface area (TPSA) is 79.8 Å². The highest BCUT2D eigenvalue weighted by Gasteiger charge is 2.16. The molecule has 1 aliphatic heterocycles. The van der Waals surface area contributed by atoms with Gasteiger partial charge < -0.3 is 10.1 Å². The molecule has 1 saturated heterocycles. The molecule has 2 amide bonds. The summed E-state index contributed by atoms with van der Waals surface area (Å²) in [5, 5.41) is 7.40. The molecule has 1 fully saturated rings. The Bertz CT molecular complexity index is 643. The van der Waals surface area contributed by atoms with Crippen LogP contribution in [0.4, 0.5) is 0 Å². The Morgan fingerprint density at radius 3 is 2.83 bits per heavy atom. The molecule has 0 aliphatic carbocycles. The van der Waals surface area contributed by atoms with Crippen molar-refractivity contribution in [2.45, 2.75) is 32.3 Å². The second kappa shape index (κ2) is 9.01. The standard InChI is InChI=1S/C16H19Cl2N3O3/c1-10(7-15(22)19-9-12-3-2-6-24-12)20-21-16(23)13-5-4-11(17)8-14(13)18/h4-5,8,12H,2-3,6-7,9H2,1H3,(H,19,22)(H,21,23)/b20-10+. The summed E-state index contributed by atoms with van der Waals surface area (Å²) in [6.07, 6.45) is 2.19. The maximum Gasteiger partial charge on any atom is 0.272 e. The van der Waals surface area contributed by atoms with Gasteiger partial charge in [-0.3, -0.25) is 9.59 Å². The molecule has 1 aliphatic rings. The maximum absolute atomic E-state index is 12.0. The summed E-state index contributed by atoms with van der Waals surface area (Å²) in [5.41, 5.74) is 3.13. The molecule has 1 aromatic carbocycles. The lowest BCUT2D eigenvalue weighted by atomic mass is 10.2. The number of nitrogens with one attached hydrogen (secondary N) is 2. The number of benzene rings is 1. The molecular formula is C16H19Cl2N3O3. The van der Waals surface area contributed by atoms with Crippen LogP contribution in [-0.4, -0.2) is 36.8 Å². The average molecular weight is 372 g/mol. The van der Waals surface area contributed by atoms with Crippen LogP contribution in [0, 0.1) is 0 Å². The molecule has 8 heteroatoms. The number of nitrogens with zero attached hydrogens (tertiary/aromatic N) is 1. The van der Waals surface area contributed by atoms with Gasteiger partial charge >= 0.3 is 0 Å². The second-order valence-electron chi connectivity index (χ2n) is 5.53. The molecule has 1 heterocycles. The van der Waals surface area contributed by atoms with Gasteiger partial charge in [0.15, 0.2) is 0 Å². The van der Waals surface area contributed by atoms with Crippen molar-refractivity contribution in [2.24, 2.45) is 5.10 Å². The summed E-state index contributed by atoms with van der Waals surface area (Å²) in [7, 11) is 0. The number of carbonyl (C=O) groups is 2. The lowest BCUT2D eigenvalue weighted by molar-refractivity contribution is -0.120. The van der Waals surface area contributed by atoms with Gasteiger partial charge in [0.1, 0.15) is 0 Å². The van der Waals surface area contributed by atoms with Crippen LogP contribution in [0.25, 0.3) is 0 Å². The van der Waals surface area contributed by atoms with Gasteiger partial charge in [-0.15, -0.1) is 0 Å². The van der Waals surface area contributed by atoms with Crippen molar-refractivity contribution < 1.29 is 14.3 Å². The van der Waals surface area contributed by atoms with Crippen LogP contribution in [0.2, 0.25) is 10.0 Å². The SMILES string of the molecule is C/C(CC(=O)NCC1CCCO1)=N\NC(=O)c1ccc(Cl)cc1Cl. The third-order valence-electron chi connectivity index (χ3n) is 3.49. The van der Waals surface area contributed by atoms with Crippen LogP contribution >= 0.6 is 23.2 Å². The summed E-state index contributed by atoms with van der Waals surface area (Å²) >= 11 is 11.7. The van der Waals surface area contributed by atoms with Gasteiger partial charge in [0.05, 0.1) is 23.1 Å². The molecule has 0 saturated carbocycles. The molecule has 24 heavy (non-hydrogen) atoms. The average Bonchev–Trinajstić information content (AvgIpc) is 3.04. The van der Waals surface area contributed by atoms with Crippen LogP contribution in [0.15, 0.2) is 23.3 Å². The lowest BCUT2D eigenvalue weighted by Crippen LogP contribution is -2.33. The highest BCUT2D eigenvalue weighted by molar-refractivity contribution is 6.36. The monoisotopic (exact) mass is 371 g/mol. The largest absolute Gasteiger partial charge is 0.376 e. The number of hydrazone groups is 1. The molecule has 0 aromatic heterocycles. The Labute approximate surface area is 150 Å². The van der Waals surface area contributed by atoms with E-state index in [1.54, 1.807) is 13.0 Å². The molecule has 6 nitrogen and oxygen atoms in total.